The van der Waals surface area contributed by atoms with E-state index in [1.54, 1.807) is 15.8 Å². The molecule has 1 aliphatic rings. The Morgan fingerprint density at radius 3 is 2.81 bits per heavy atom. The molecule has 6 nitrogen and oxygen atoms in total. The van der Waals surface area contributed by atoms with Gasteiger partial charge in [-0.15, -0.1) is 5.10 Å². The quantitative estimate of drug-likeness (QED) is 0.893. The third kappa shape index (κ3) is 3.14. The zero-order chi connectivity index (χ0) is 14.8. The Kier molecular flexibility index (Phi) is 4.03. The van der Waals surface area contributed by atoms with Gasteiger partial charge in [0.25, 0.3) is 5.91 Å². The van der Waals surface area contributed by atoms with Crippen molar-refractivity contribution >= 4 is 21.8 Å². The van der Waals surface area contributed by atoms with E-state index in [0.29, 0.717) is 18.8 Å². The molecule has 1 aromatic carbocycles. The van der Waals surface area contributed by atoms with Gasteiger partial charge in [0, 0.05) is 23.6 Å². The van der Waals surface area contributed by atoms with Crippen molar-refractivity contribution in [2.45, 2.75) is 18.9 Å². The summed E-state index contributed by atoms with van der Waals surface area (Å²) in [7, 11) is 0. The molecule has 3 rings (SSSR count). The molecule has 2 aromatic rings. The SMILES string of the molecule is NC1CCN(C(=O)c2cn(-c3cccc(Br)c3)nn2)CC1. The van der Waals surface area contributed by atoms with Gasteiger partial charge in [0.2, 0.25) is 0 Å². The van der Waals surface area contributed by atoms with E-state index in [4.69, 9.17) is 5.73 Å². The molecule has 2 N–H and O–H groups in total. The molecule has 2 heterocycles. The standard InChI is InChI=1S/C14H16BrN5O/c15-10-2-1-3-12(8-10)20-9-13(17-18-20)14(21)19-6-4-11(16)5-7-19/h1-3,8-9,11H,4-7,16H2. The third-order valence-electron chi connectivity index (χ3n) is 3.61. The van der Waals surface area contributed by atoms with Gasteiger partial charge in [-0.2, -0.15) is 0 Å². The van der Waals surface area contributed by atoms with Crippen LogP contribution in [0.25, 0.3) is 5.69 Å². The predicted molar refractivity (Wildman–Crippen MR) is 82.2 cm³/mol. The number of piperidine rings is 1. The Hall–Kier alpha value is -1.73. The van der Waals surface area contributed by atoms with Gasteiger partial charge in [-0.3, -0.25) is 4.79 Å². The molecule has 110 valence electrons. The summed E-state index contributed by atoms with van der Waals surface area (Å²) in [5.41, 5.74) is 7.08. The molecule has 0 saturated carbocycles. The van der Waals surface area contributed by atoms with Gasteiger partial charge in [-0.05, 0) is 31.0 Å². The number of rotatable bonds is 2. The van der Waals surface area contributed by atoms with Crippen LogP contribution in [0.5, 0.6) is 0 Å². The molecule has 1 aliphatic heterocycles. The zero-order valence-electron chi connectivity index (χ0n) is 11.4. The largest absolute Gasteiger partial charge is 0.337 e. The van der Waals surface area contributed by atoms with Crippen LogP contribution in [0, 0.1) is 0 Å². The minimum Gasteiger partial charge on any atom is -0.337 e. The topological polar surface area (TPSA) is 77.0 Å². The Labute approximate surface area is 131 Å². The third-order valence-corrected chi connectivity index (χ3v) is 4.11. The normalized spacial score (nSPS) is 16.2. The maximum absolute atomic E-state index is 12.4. The number of aromatic nitrogens is 3. The molecule has 0 radical (unpaired) electrons. The summed E-state index contributed by atoms with van der Waals surface area (Å²) < 4.78 is 2.56. The first kappa shape index (κ1) is 14.2. The summed E-state index contributed by atoms with van der Waals surface area (Å²) in [6.45, 7) is 1.37. The Morgan fingerprint density at radius 2 is 2.10 bits per heavy atom. The average Bonchev–Trinajstić information content (AvgIpc) is 2.97. The van der Waals surface area contributed by atoms with Crippen molar-refractivity contribution in [3.63, 3.8) is 0 Å². The van der Waals surface area contributed by atoms with E-state index in [1.165, 1.54) is 0 Å². The fourth-order valence-electron chi connectivity index (χ4n) is 2.37. The summed E-state index contributed by atoms with van der Waals surface area (Å²) in [6, 6.07) is 7.88. The summed E-state index contributed by atoms with van der Waals surface area (Å²) >= 11 is 3.41. The van der Waals surface area contributed by atoms with Gasteiger partial charge < -0.3 is 10.6 Å². The van der Waals surface area contributed by atoms with E-state index in [2.05, 4.69) is 26.2 Å². The molecular formula is C14H16BrN5O. The highest BCUT2D eigenvalue weighted by Crippen LogP contribution is 2.16. The highest BCUT2D eigenvalue weighted by molar-refractivity contribution is 9.10. The molecule has 0 spiro atoms. The van der Waals surface area contributed by atoms with Gasteiger partial charge in [0.05, 0.1) is 11.9 Å². The van der Waals surface area contributed by atoms with Crippen LogP contribution in [0.4, 0.5) is 0 Å². The Morgan fingerprint density at radius 1 is 1.33 bits per heavy atom. The average molecular weight is 350 g/mol. The minimum atomic E-state index is -0.0804. The molecule has 1 amide bonds. The van der Waals surface area contributed by atoms with Crippen LogP contribution in [-0.4, -0.2) is 44.9 Å². The first-order valence-electron chi connectivity index (χ1n) is 6.86. The highest BCUT2D eigenvalue weighted by atomic mass is 79.9. The van der Waals surface area contributed by atoms with Gasteiger partial charge in [-0.1, -0.05) is 27.2 Å². The predicted octanol–water partition coefficient (Wildman–Crippen LogP) is 1.59. The van der Waals surface area contributed by atoms with Crippen LogP contribution >= 0.6 is 15.9 Å². The van der Waals surface area contributed by atoms with Crippen molar-refractivity contribution in [3.8, 4) is 5.69 Å². The van der Waals surface area contributed by atoms with Crippen molar-refractivity contribution in [1.82, 2.24) is 19.9 Å². The van der Waals surface area contributed by atoms with E-state index in [9.17, 15) is 4.79 Å². The lowest BCUT2D eigenvalue weighted by Crippen LogP contribution is -2.43. The van der Waals surface area contributed by atoms with Crippen LogP contribution < -0.4 is 5.73 Å². The first-order chi connectivity index (χ1) is 10.1. The van der Waals surface area contributed by atoms with Crippen molar-refractivity contribution in [1.29, 1.82) is 0 Å². The summed E-state index contributed by atoms with van der Waals surface area (Å²) in [5, 5.41) is 8.02. The number of nitrogens with zero attached hydrogens (tertiary/aromatic N) is 4. The van der Waals surface area contributed by atoms with Gasteiger partial charge >= 0.3 is 0 Å². The van der Waals surface area contributed by atoms with Crippen molar-refractivity contribution in [3.05, 3.63) is 40.6 Å². The van der Waals surface area contributed by atoms with E-state index in [0.717, 1.165) is 23.0 Å². The second kappa shape index (κ2) is 5.95. The van der Waals surface area contributed by atoms with Crippen molar-refractivity contribution in [2.75, 3.05) is 13.1 Å². The lowest BCUT2D eigenvalue weighted by molar-refractivity contribution is 0.0708. The van der Waals surface area contributed by atoms with Crippen LogP contribution in [0.15, 0.2) is 34.9 Å². The molecule has 1 fully saturated rings. The fourth-order valence-corrected chi connectivity index (χ4v) is 2.76. The number of hydrogen-bond acceptors (Lipinski definition) is 4. The van der Waals surface area contributed by atoms with E-state index in [-0.39, 0.29) is 11.9 Å². The van der Waals surface area contributed by atoms with Gasteiger partial charge in [0.1, 0.15) is 0 Å². The Bertz CT molecular complexity index is 648. The molecule has 21 heavy (non-hydrogen) atoms. The van der Waals surface area contributed by atoms with Crippen LogP contribution in [-0.2, 0) is 0 Å². The molecule has 1 saturated heterocycles. The number of benzene rings is 1. The van der Waals surface area contributed by atoms with Crippen molar-refractivity contribution in [2.24, 2.45) is 5.73 Å². The molecule has 1 aromatic heterocycles. The molecule has 0 bridgehead atoms. The van der Waals surface area contributed by atoms with Crippen LogP contribution in [0.1, 0.15) is 23.3 Å². The van der Waals surface area contributed by atoms with Crippen LogP contribution in [0.3, 0.4) is 0 Å². The van der Waals surface area contributed by atoms with Crippen molar-refractivity contribution < 1.29 is 4.79 Å². The summed E-state index contributed by atoms with van der Waals surface area (Å²) in [4.78, 5) is 14.2. The maximum Gasteiger partial charge on any atom is 0.276 e. The second-order valence-electron chi connectivity index (χ2n) is 5.16. The molecular weight excluding hydrogens is 334 g/mol. The first-order valence-corrected chi connectivity index (χ1v) is 7.66. The number of halogens is 1. The van der Waals surface area contributed by atoms with Gasteiger partial charge in [-0.25, -0.2) is 4.68 Å². The highest BCUT2D eigenvalue weighted by Gasteiger charge is 2.23. The Balaban J connectivity index is 1.77. The molecule has 0 atom stereocenters. The number of nitrogens with two attached hydrogens (primary N) is 1. The number of carbonyl (C=O) groups excluding carboxylic acids is 1. The monoisotopic (exact) mass is 349 g/mol. The minimum absolute atomic E-state index is 0.0804. The molecule has 0 unspecified atom stereocenters. The molecule has 0 aliphatic carbocycles. The van der Waals surface area contributed by atoms with Crippen LogP contribution in [0.2, 0.25) is 0 Å². The number of carbonyl (C=O) groups is 1. The van der Waals surface area contributed by atoms with E-state index >= 15 is 0 Å². The van der Waals surface area contributed by atoms with E-state index in [1.807, 2.05) is 24.3 Å². The van der Waals surface area contributed by atoms with Gasteiger partial charge in [0.15, 0.2) is 5.69 Å². The number of hydrogen-bond donors (Lipinski definition) is 1. The summed E-state index contributed by atoms with van der Waals surface area (Å²) in [5.74, 6) is -0.0804. The lowest BCUT2D eigenvalue weighted by Gasteiger charge is -2.29. The number of amides is 1. The fraction of sp³-hybridized carbons (Fsp3) is 0.357. The lowest BCUT2D eigenvalue weighted by atomic mass is 10.1. The summed E-state index contributed by atoms with van der Waals surface area (Å²) in [6.07, 6.45) is 3.34. The maximum atomic E-state index is 12.4. The van der Waals surface area contributed by atoms with E-state index < -0.39 is 0 Å². The zero-order valence-corrected chi connectivity index (χ0v) is 13.0. The smallest absolute Gasteiger partial charge is 0.276 e. The molecule has 7 heteroatoms. The number of likely N-dealkylation sites (tertiary alicyclic amines) is 1. The second-order valence-corrected chi connectivity index (χ2v) is 6.07.